The number of allylic oxidation sites excluding steroid dienone is 4. The summed E-state index contributed by atoms with van der Waals surface area (Å²) in [6.07, 6.45) is 2.96. The average molecular weight is 196 g/mol. The maximum atomic E-state index is 9.05. The van der Waals surface area contributed by atoms with Gasteiger partial charge in [0.1, 0.15) is 6.07 Å². The summed E-state index contributed by atoms with van der Waals surface area (Å²) in [6.45, 7) is 1.76. The van der Waals surface area contributed by atoms with Crippen molar-refractivity contribution in [1.29, 1.82) is 5.26 Å². The molecule has 15 heavy (non-hydrogen) atoms. The number of fused-ring (bicyclic) bond motifs is 1. The molecule has 1 aromatic carbocycles. The second-order valence-corrected chi connectivity index (χ2v) is 3.65. The van der Waals surface area contributed by atoms with Crippen LogP contribution in [-0.4, -0.2) is 0 Å². The average Bonchev–Trinajstić information content (AvgIpc) is 2.63. The van der Waals surface area contributed by atoms with Crippen LogP contribution in [0.2, 0.25) is 0 Å². The first-order valence-electron chi connectivity index (χ1n) is 4.89. The van der Waals surface area contributed by atoms with Crippen LogP contribution >= 0.6 is 0 Å². The zero-order valence-electron chi connectivity index (χ0n) is 8.62. The third kappa shape index (κ3) is 1.53. The molecule has 74 valence electrons. The van der Waals surface area contributed by atoms with E-state index in [1.54, 1.807) is 6.92 Å². The molecular weight excluding hydrogens is 184 g/mol. The van der Waals surface area contributed by atoms with E-state index in [0.29, 0.717) is 11.3 Å². The van der Waals surface area contributed by atoms with Crippen LogP contribution in [0.4, 0.5) is 0 Å². The highest BCUT2D eigenvalue weighted by Crippen LogP contribution is 2.32. The molecule has 0 unspecified atom stereocenters. The Labute approximate surface area is 89.3 Å². The Morgan fingerprint density at radius 3 is 2.80 bits per heavy atom. The van der Waals surface area contributed by atoms with Gasteiger partial charge in [-0.15, -0.1) is 0 Å². The SMILES string of the molecule is C/C(N)=C(\C#N)C1=CCc2ccccc21. The van der Waals surface area contributed by atoms with Gasteiger partial charge in [0.15, 0.2) is 0 Å². The third-order valence-electron chi connectivity index (χ3n) is 2.61. The Hall–Kier alpha value is -2.01. The van der Waals surface area contributed by atoms with Crippen LogP contribution in [0, 0.1) is 11.3 Å². The van der Waals surface area contributed by atoms with E-state index in [2.05, 4.69) is 18.2 Å². The number of nitriles is 1. The second-order valence-electron chi connectivity index (χ2n) is 3.65. The van der Waals surface area contributed by atoms with Gasteiger partial charge in [-0.05, 0) is 30.0 Å². The highest BCUT2D eigenvalue weighted by Gasteiger charge is 2.17. The van der Waals surface area contributed by atoms with Crippen molar-refractivity contribution < 1.29 is 0 Å². The summed E-state index contributed by atoms with van der Waals surface area (Å²) in [7, 11) is 0. The van der Waals surface area contributed by atoms with E-state index < -0.39 is 0 Å². The van der Waals surface area contributed by atoms with E-state index >= 15 is 0 Å². The minimum absolute atomic E-state index is 0.584. The molecule has 0 atom stereocenters. The fourth-order valence-electron chi connectivity index (χ4n) is 1.88. The topological polar surface area (TPSA) is 49.8 Å². The smallest absolute Gasteiger partial charge is 0.102 e. The van der Waals surface area contributed by atoms with Crippen LogP contribution in [0.5, 0.6) is 0 Å². The van der Waals surface area contributed by atoms with Crippen molar-refractivity contribution in [3.63, 3.8) is 0 Å². The zero-order chi connectivity index (χ0) is 10.8. The lowest BCUT2D eigenvalue weighted by Crippen LogP contribution is -1.98. The van der Waals surface area contributed by atoms with Crippen LogP contribution in [-0.2, 0) is 6.42 Å². The van der Waals surface area contributed by atoms with Crippen molar-refractivity contribution in [2.24, 2.45) is 5.73 Å². The van der Waals surface area contributed by atoms with Crippen molar-refractivity contribution >= 4 is 5.57 Å². The Morgan fingerprint density at radius 2 is 2.13 bits per heavy atom. The van der Waals surface area contributed by atoms with Crippen molar-refractivity contribution in [2.75, 3.05) is 0 Å². The number of hydrogen-bond acceptors (Lipinski definition) is 2. The van der Waals surface area contributed by atoms with Gasteiger partial charge < -0.3 is 5.73 Å². The molecule has 0 aromatic heterocycles. The van der Waals surface area contributed by atoms with E-state index in [1.165, 1.54) is 5.56 Å². The first-order valence-corrected chi connectivity index (χ1v) is 4.89. The van der Waals surface area contributed by atoms with Crippen molar-refractivity contribution in [3.8, 4) is 6.07 Å². The molecule has 1 aromatic rings. The molecule has 2 heteroatoms. The van der Waals surface area contributed by atoms with E-state index in [9.17, 15) is 0 Å². The highest BCUT2D eigenvalue weighted by molar-refractivity contribution is 5.87. The zero-order valence-corrected chi connectivity index (χ0v) is 8.62. The summed E-state index contributed by atoms with van der Waals surface area (Å²) in [5.74, 6) is 0. The molecule has 2 rings (SSSR count). The summed E-state index contributed by atoms with van der Waals surface area (Å²) in [6, 6.07) is 10.3. The summed E-state index contributed by atoms with van der Waals surface area (Å²) < 4.78 is 0. The normalized spacial score (nSPS) is 15.1. The molecular formula is C13H12N2. The lowest BCUT2D eigenvalue weighted by Gasteiger charge is -2.05. The van der Waals surface area contributed by atoms with E-state index in [1.807, 2.05) is 18.2 Å². The van der Waals surface area contributed by atoms with Crippen LogP contribution in [0.3, 0.4) is 0 Å². The Morgan fingerprint density at radius 1 is 1.40 bits per heavy atom. The van der Waals surface area contributed by atoms with Gasteiger partial charge in [-0.2, -0.15) is 5.26 Å². The molecule has 2 nitrogen and oxygen atoms in total. The van der Waals surface area contributed by atoms with Gasteiger partial charge >= 0.3 is 0 Å². The monoisotopic (exact) mass is 196 g/mol. The number of benzene rings is 1. The Bertz CT molecular complexity index is 498. The predicted molar refractivity (Wildman–Crippen MR) is 60.6 cm³/mol. The lowest BCUT2D eigenvalue weighted by molar-refractivity contribution is 1.28. The fourth-order valence-corrected chi connectivity index (χ4v) is 1.88. The minimum Gasteiger partial charge on any atom is -0.401 e. The molecule has 0 radical (unpaired) electrons. The van der Waals surface area contributed by atoms with Crippen LogP contribution in [0.15, 0.2) is 41.6 Å². The molecule has 0 fully saturated rings. The number of hydrogen-bond donors (Lipinski definition) is 1. The van der Waals surface area contributed by atoms with Gasteiger partial charge in [-0.1, -0.05) is 30.3 Å². The molecule has 0 saturated heterocycles. The largest absolute Gasteiger partial charge is 0.401 e. The van der Waals surface area contributed by atoms with Crippen molar-refractivity contribution in [1.82, 2.24) is 0 Å². The van der Waals surface area contributed by atoms with E-state index in [-0.39, 0.29) is 0 Å². The Balaban J connectivity index is 2.53. The molecule has 0 bridgehead atoms. The molecule has 1 aliphatic rings. The Kier molecular flexibility index (Phi) is 2.31. The van der Waals surface area contributed by atoms with Gasteiger partial charge in [0.2, 0.25) is 0 Å². The van der Waals surface area contributed by atoms with Gasteiger partial charge in [0, 0.05) is 5.70 Å². The lowest BCUT2D eigenvalue weighted by atomic mass is 9.99. The highest BCUT2D eigenvalue weighted by atomic mass is 14.6. The van der Waals surface area contributed by atoms with Gasteiger partial charge in [-0.25, -0.2) is 0 Å². The summed E-state index contributed by atoms with van der Waals surface area (Å²) in [5, 5.41) is 9.05. The molecule has 0 saturated carbocycles. The maximum Gasteiger partial charge on any atom is 0.102 e. The standard InChI is InChI=1S/C13H12N2/c1-9(15)13(8-14)12-7-6-10-4-2-3-5-11(10)12/h2-5,7H,6,15H2,1H3/b13-9-. The van der Waals surface area contributed by atoms with Gasteiger partial charge in [0.25, 0.3) is 0 Å². The second kappa shape index (κ2) is 3.62. The van der Waals surface area contributed by atoms with Gasteiger partial charge in [0.05, 0.1) is 5.57 Å². The van der Waals surface area contributed by atoms with E-state index in [4.69, 9.17) is 11.0 Å². The molecule has 0 spiro atoms. The summed E-state index contributed by atoms with van der Waals surface area (Å²) in [4.78, 5) is 0. The quantitative estimate of drug-likeness (QED) is 0.701. The van der Waals surface area contributed by atoms with E-state index in [0.717, 1.165) is 17.6 Å². The minimum atomic E-state index is 0.584. The fraction of sp³-hybridized carbons (Fsp3) is 0.154. The molecule has 0 aliphatic heterocycles. The molecule has 0 amide bonds. The maximum absolute atomic E-state index is 9.05. The number of nitrogens with zero attached hydrogens (tertiary/aromatic N) is 1. The number of rotatable bonds is 1. The number of nitrogens with two attached hydrogens (primary N) is 1. The van der Waals surface area contributed by atoms with Crippen molar-refractivity contribution in [2.45, 2.75) is 13.3 Å². The van der Waals surface area contributed by atoms with Crippen LogP contribution < -0.4 is 5.73 Å². The summed E-state index contributed by atoms with van der Waals surface area (Å²) in [5.41, 5.74) is 10.3. The van der Waals surface area contributed by atoms with Crippen molar-refractivity contribution in [3.05, 3.63) is 52.7 Å². The molecule has 2 N–H and O–H groups in total. The predicted octanol–water partition coefficient (Wildman–Crippen LogP) is 2.38. The molecule has 1 aliphatic carbocycles. The van der Waals surface area contributed by atoms with Gasteiger partial charge in [-0.3, -0.25) is 0 Å². The molecule has 0 heterocycles. The van der Waals surface area contributed by atoms with Crippen LogP contribution in [0.1, 0.15) is 18.1 Å². The van der Waals surface area contributed by atoms with Crippen LogP contribution in [0.25, 0.3) is 5.57 Å². The first kappa shape index (κ1) is 9.54. The summed E-state index contributed by atoms with van der Waals surface area (Å²) >= 11 is 0. The first-order chi connectivity index (χ1) is 7.24. The third-order valence-corrected chi connectivity index (χ3v) is 2.61.